The van der Waals surface area contributed by atoms with Crippen LogP contribution in [0.2, 0.25) is 0 Å². The van der Waals surface area contributed by atoms with E-state index in [1.54, 1.807) is 6.07 Å². The van der Waals surface area contributed by atoms with Crippen LogP contribution < -0.4 is 5.32 Å². The van der Waals surface area contributed by atoms with E-state index < -0.39 is 17.8 Å². The van der Waals surface area contributed by atoms with Crippen LogP contribution in [0.4, 0.5) is 9.52 Å². The van der Waals surface area contributed by atoms with E-state index in [0.29, 0.717) is 10.7 Å². The largest absolute Gasteiger partial charge is 0.300 e. The maximum absolute atomic E-state index is 14.0. The van der Waals surface area contributed by atoms with Crippen molar-refractivity contribution in [2.24, 2.45) is 23.7 Å². The first-order chi connectivity index (χ1) is 15.3. The zero-order valence-corrected chi connectivity index (χ0v) is 18.5. The summed E-state index contributed by atoms with van der Waals surface area (Å²) in [4.78, 5) is 40.8. The average molecular weight is 455 g/mol. The molecule has 5 atom stereocenters. The number of benzene rings is 1. The zero-order valence-electron chi connectivity index (χ0n) is 17.7. The molecule has 2 fully saturated rings. The summed E-state index contributed by atoms with van der Waals surface area (Å²) in [6, 6.07) is 4.85. The van der Waals surface area contributed by atoms with Crippen molar-refractivity contribution in [3.8, 4) is 0 Å². The summed E-state index contributed by atoms with van der Waals surface area (Å²) in [6.45, 7) is 3.96. The number of imide groups is 1. The van der Waals surface area contributed by atoms with Crippen molar-refractivity contribution in [1.82, 2.24) is 15.1 Å². The second-order valence-electron chi connectivity index (χ2n) is 8.97. The molecular formula is C23H23FN4O3S. The van der Waals surface area contributed by atoms with Crippen LogP contribution in [0, 0.1) is 29.5 Å². The molecule has 1 aromatic heterocycles. The molecule has 2 bridgehead atoms. The Bertz CT molecular complexity index is 1100. The number of hydrogen-bond donors (Lipinski definition) is 1. The minimum atomic E-state index is -0.881. The van der Waals surface area contributed by atoms with Gasteiger partial charge in [0, 0.05) is 5.92 Å². The highest BCUT2D eigenvalue weighted by Gasteiger charge is 2.60. The van der Waals surface area contributed by atoms with Crippen LogP contribution >= 0.6 is 11.3 Å². The predicted molar refractivity (Wildman–Crippen MR) is 116 cm³/mol. The van der Waals surface area contributed by atoms with Gasteiger partial charge in [0.2, 0.25) is 22.9 Å². The van der Waals surface area contributed by atoms with E-state index in [2.05, 4.69) is 15.5 Å². The molecule has 1 aromatic carbocycles. The van der Waals surface area contributed by atoms with Crippen LogP contribution in [0.3, 0.4) is 0 Å². The number of anilines is 1. The summed E-state index contributed by atoms with van der Waals surface area (Å²) in [6.07, 6.45) is 4.68. The monoisotopic (exact) mass is 454 g/mol. The Morgan fingerprint density at radius 2 is 1.88 bits per heavy atom. The molecule has 1 N–H and O–H groups in total. The van der Waals surface area contributed by atoms with E-state index in [1.807, 2.05) is 26.0 Å². The highest BCUT2D eigenvalue weighted by Crippen LogP contribution is 2.54. The number of likely N-dealkylation sites (tertiary alicyclic amines) is 1. The topological polar surface area (TPSA) is 92.3 Å². The molecule has 3 aliphatic rings. The predicted octanol–water partition coefficient (Wildman–Crippen LogP) is 3.68. The second-order valence-corrected chi connectivity index (χ2v) is 9.98. The van der Waals surface area contributed by atoms with Gasteiger partial charge in [0.05, 0.1) is 24.3 Å². The number of rotatable bonds is 6. The van der Waals surface area contributed by atoms with Crippen LogP contribution in [0.1, 0.15) is 49.2 Å². The molecule has 9 heteroatoms. The van der Waals surface area contributed by atoms with Gasteiger partial charge in [-0.15, -0.1) is 10.2 Å². The zero-order chi connectivity index (χ0) is 22.6. The summed E-state index contributed by atoms with van der Waals surface area (Å²) in [5, 5.41) is 11.9. The minimum absolute atomic E-state index is 0.0595. The molecule has 1 saturated heterocycles. The second kappa shape index (κ2) is 7.88. The average Bonchev–Trinajstić information content (AvgIpc) is 3.51. The summed E-state index contributed by atoms with van der Waals surface area (Å²) in [7, 11) is 0. The number of carbonyl (C=O) groups excluding carboxylic acids is 3. The Labute approximate surface area is 188 Å². The van der Waals surface area contributed by atoms with E-state index in [4.69, 9.17) is 0 Å². The fourth-order valence-corrected chi connectivity index (χ4v) is 5.93. The van der Waals surface area contributed by atoms with Gasteiger partial charge in [0.15, 0.2) is 0 Å². The Hall–Kier alpha value is -2.94. The molecule has 2 aliphatic carbocycles. The van der Waals surface area contributed by atoms with Crippen molar-refractivity contribution in [2.45, 2.75) is 38.6 Å². The molecule has 0 spiro atoms. The molecule has 3 amide bonds. The Kier molecular flexibility index (Phi) is 5.16. The lowest BCUT2D eigenvalue weighted by Crippen LogP contribution is -2.38. The van der Waals surface area contributed by atoms with Crippen molar-refractivity contribution in [3.05, 3.63) is 52.8 Å². The smallest absolute Gasteiger partial charge is 0.234 e. The molecular weight excluding hydrogens is 431 g/mol. The van der Waals surface area contributed by atoms with E-state index in [1.165, 1.54) is 34.4 Å². The molecule has 1 aliphatic heterocycles. The van der Waals surface area contributed by atoms with E-state index in [0.717, 1.165) is 11.4 Å². The molecule has 5 rings (SSSR count). The van der Waals surface area contributed by atoms with Crippen LogP contribution in [0.25, 0.3) is 0 Å². The van der Waals surface area contributed by atoms with Crippen LogP contribution in [-0.4, -0.2) is 32.8 Å². The summed E-state index contributed by atoms with van der Waals surface area (Å²) in [5.74, 6) is -1.89. The summed E-state index contributed by atoms with van der Waals surface area (Å²) in [5.41, 5.74) is 0.419. The van der Waals surface area contributed by atoms with Gasteiger partial charge in [-0.2, -0.15) is 0 Å². The van der Waals surface area contributed by atoms with Gasteiger partial charge in [-0.25, -0.2) is 4.39 Å². The lowest BCUT2D eigenvalue weighted by atomic mass is 9.85. The molecule has 32 heavy (non-hydrogen) atoms. The van der Waals surface area contributed by atoms with Crippen molar-refractivity contribution >= 4 is 34.2 Å². The summed E-state index contributed by atoms with van der Waals surface area (Å²) >= 11 is 1.28. The van der Waals surface area contributed by atoms with Gasteiger partial charge >= 0.3 is 0 Å². The maximum atomic E-state index is 14.0. The number of fused-ring (bicyclic) bond motifs is 5. The number of allylic oxidation sites excluding steroid dienone is 2. The molecule has 5 unspecified atom stereocenters. The quantitative estimate of drug-likeness (QED) is 0.531. The number of hydrogen-bond acceptors (Lipinski definition) is 6. The molecule has 0 radical (unpaired) electrons. The lowest BCUT2D eigenvalue weighted by molar-refractivity contribution is -0.144. The van der Waals surface area contributed by atoms with Gasteiger partial charge in [-0.1, -0.05) is 49.5 Å². The van der Waals surface area contributed by atoms with E-state index >= 15 is 0 Å². The number of amides is 3. The number of carbonyl (C=O) groups is 3. The molecule has 2 aromatic rings. The normalized spacial score (nSPS) is 26.8. The van der Waals surface area contributed by atoms with Crippen molar-refractivity contribution < 1.29 is 18.8 Å². The first-order valence-corrected chi connectivity index (χ1v) is 11.6. The standard InChI is InChI=1S/C23H23FN4O3S/c1-11(2)20-26-27-23(32-20)25-17(29)10-16(12-4-3-5-15(24)9-12)28-21(30)18-13-6-7-14(8-13)19(18)22(28)31/h3-7,9,11,13-14,16,18-19H,8,10H2,1-2H3,(H,25,27,29). The fourth-order valence-electron chi connectivity index (χ4n) is 5.17. The number of nitrogens with zero attached hydrogens (tertiary/aromatic N) is 3. The third-order valence-corrected chi connectivity index (χ3v) is 7.75. The first kappa shape index (κ1) is 20.9. The molecule has 1 saturated carbocycles. The Balaban J connectivity index is 1.42. The Morgan fingerprint density at radius 1 is 1.19 bits per heavy atom. The molecule has 166 valence electrons. The van der Waals surface area contributed by atoms with Gasteiger partial charge in [0.1, 0.15) is 10.8 Å². The van der Waals surface area contributed by atoms with Crippen LogP contribution in [-0.2, 0) is 14.4 Å². The third kappa shape index (κ3) is 3.44. The van der Waals surface area contributed by atoms with Gasteiger partial charge < -0.3 is 5.32 Å². The Morgan fingerprint density at radius 3 is 2.47 bits per heavy atom. The number of aromatic nitrogens is 2. The maximum Gasteiger partial charge on any atom is 0.234 e. The van der Waals surface area contributed by atoms with Crippen molar-refractivity contribution in [1.29, 1.82) is 0 Å². The molecule has 2 heterocycles. The van der Waals surface area contributed by atoms with E-state index in [-0.39, 0.29) is 47.8 Å². The van der Waals surface area contributed by atoms with Gasteiger partial charge in [-0.05, 0) is 36.0 Å². The molecule has 7 nitrogen and oxygen atoms in total. The SMILES string of the molecule is CC(C)c1nnc(NC(=O)CC(c2cccc(F)c2)N2C(=O)C3C4C=CC(C4)C3C2=O)s1. The lowest BCUT2D eigenvalue weighted by Gasteiger charge is -2.28. The van der Waals surface area contributed by atoms with E-state index in [9.17, 15) is 18.8 Å². The highest BCUT2D eigenvalue weighted by atomic mass is 32.1. The van der Waals surface area contributed by atoms with Gasteiger partial charge in [-0.3, -0.25) is 19.3 Å². The third-order valence-electron chi connectivity index (χ3n) is 6.61. The van der Waals surface area contributed by atoms with Crippen LogP contribution in [0.15, 0.2) is 36.4 Å². The highest BCUT2D eigenvalue weighted by molar-refractivity contribution is 7.15. The summed E-state index contributed by atoms with van der Waals surface area (Å²) < 4.78 is 14.0. The minimum Gasteiger partial charge on any atom is -0.300 e. The first-order valence-electron chi connectivity index (χ1n) is 10.8. The fraction of sp³-hybridized carbons (Fsp3) is 0.435. The number of nitrogens with one attached hydrogen (secondary N) is 1. The van der Waals surface area contributed by atoms with Gasteiger partial charge in [0.25, 0.3) is 0 Å². The van der Waals surface area contributed by atoms with Crippen molar-refractivity contribution in [2.75, 3.05) is 5.32 Å². The van der Waals surface area contributed by atoms with Crippen molar-refractivity contribution in [3.63, 3.8) is 0 Å². The van der Waals surface area contributed by atoms with Crippen LogP contribution in [0.5, 0.6) is 0 Å². The number of halogens is 1.